The molecule has 72 valence electrons. The molecule has 1 aliphatic heterocycles. The molecule has 1 fully saturated rings. The van der Waals surface area contributed by atoms with E-state index in [0.717, 1.165) is 12.0 Å². The maximum Gasteiger partial charge on any atom is 0.0124 e. The molecule has 0 aliphatic carbocycles. The highest BCUT2D eigenvalue weighted by atomic mass is 15.0. The zero-order valence-electron chi connectivity index (χ0n) is 8.98. The Morgan fingerprint density at radius 3 is 2.42 bits per heavy atom. The van der Waals surface area contributed by atoms with Gasteiger partial charge in [0.15, 0.2) is 0 Å². The van der Waals surface area contributed by atoms with Gasteiger partial charge in [-0.2, -0.15) is 0 Å². The highest BCUT2D eigenvalue weighted by Crippen LogP contribution is 2.42. The first kappa shape index (κ1) is 10.0. The van der Waals surface area contributed by atoms with Gasteiger partial charge in [-0.1, -0.05) is 27.7 Å². The van der Waals surface area contributed by atoms with Crippen molar-refractivity contribution in [3.8, 4) is 0 Å². The minimum Gasteiger partial charge on any atom is -0.313 e. The Labute approximate surface area is 76.9 Å². The van der Waals surface area contributed by atoms with E-state index in [-0.39, 0.29) is 0 Å². The first-order valence-corrected chi connectivity index (χ1v) is 5.40. The third kappa shape index (κ3) is 1.39. The Balaban J connectivity index is 2.75. The lowest BCUT2D eigenvalue weighted by molar-refractivity contribution is 0.150. The van der Waals surface area contributed by atoms with Crippen molar-refractivity contribution < 1.29 is 0 Å². The Kier molecular flexibility index (Phi) is 3.16. The van der Waals surface area contributed by atoms with Crippen LogP contribution in [0.1, 0.15) is 47.0 Å². The Morgan fingerprint density at radius 2 is 2.08 bits per heavy atom. The van der Waals surface area contributed by atoms with Crippen molar-refractivity contribution in [2.75, 3.05) is 6.54 Å². The molecule has 0 saturated carbocycles. The van der Waals surface area contributed by atoms with E-state index in [0.29, 0.717) is 5.41 Å². The molecule has 1 saturated heterocycles. The van der Waals surface area contributed by atoms with Crippen molar-refractivity contribution >= 4 is 0 Å². The summed E-state index contributed by atoms with van der Waals surface area (Å²) in [7, 11) is 0. The zero-order valence-corrected chi connectivity index (χ0v) is 8.98. The molecule has 12 heavy (non-hydrogen) atoms. The third-order valence-electron chi connectivity index (χ3n) is 3.89. The maximum absolute atomic E-state index is 3.63. The second-order valence-electron chi connectivity index (χ2n) is 4.41. The lowest BCUT2D eigenvalue weighted by atomic mass is 9.69. The molecule has 1 rings (SSSR count). The summed E-state index contributed by atoms with van der Waals surface area (Å²) in [6.45, 7) is 10.6. The van der Waals surface area contributed by atoms with E-state index in [1.807, 2.05) is 0 Å². The van der Waals surface area contributed by atoms with Crippen LogP contribution in [0.5, 0.6) is 0 Å². The van der Waals surface area contributed by atoms with Crippen molar-refractivity contribution in [3.05, 3.63) is 0 Å². The largest absolute Gasteiger partial charge is 0.313 e. The van der Waals surface area contributed by atoms with Crippen LogP contribution in [0.2, 0.25) is 0 Å². The minimum atomic E-state index is 0.592. The molecule has 0 aromatic heterocycles. The first-order valence-electron chi connectivity index (χ1n) is 5.40. The average Bonchev–Trinajstić information content (AvgIpc) is 2.47. The Hall–Kier alpha value is -0.0400. The van der Waals surface area contributed by atoms with Gasteiger partial charge in [-0.25, -0.2) is 0 Å². The van der Waals surface area contributed by atoms with Gasteiger partial charge in [0.2, 0.25) is 0 Å². The fraction of sp³-hybridized carbons (Fsp3) is 1.00. The standard InChI is InChI=1S/C11H23N/c1-5-10-11(6-2,9(3)4)7-8-12-10/h9-10,12H,5-8H2,1-4H3. The predicted octanol–water partition coefficient (Wildman–Crippen LogP) is 2.81. The van der Waals surface area contributed by atoms with Crippen molar-refractivity contribution in [1.82, 2.24) is 5.32 Å². The summed E-state index contributed by atoms with van der Waals surface area (Å²) in [5.41, 5.74) is 0.592. The van der Waals surface area contributed by atoms with Crippen LogP contribution in [0.15, 0.2) is 0 Å². The highest BCUT2D eigenvalue weighted by Gasteiger charge is 2.42. The third-order valence-corrected chi connectivity index (χ3v) is 3.89. The lowest BCUT2D eigenvalue weighted by Crippen LogP contribution is -2.39. The van der Waals surface area contributed by atoms with E-state index in [4.69, 9.17) is 0 Å². The van der Waals surface area contributed by atoms with Crippen LogP contribution in [-0.2, 0) is 0 Å². The second kappa shape index (κ2) is 3.78. The van der Waals surface area contributed by atoms with E-state index in [1.54, 1.807) is 0 Å². The fourth-order valence-corrected chi connectivity index (χ4v) is 2.93. The molecule has 1 heterocycles. The summed E-state index contributed by atoms with van der Waals surface area (Å²) < 4.78 is 0. The molecule has 1 heteroatoms. The summed E-state index contributed by atoms with van der Waals surface area (Å²) in [6, 6.07) is 0.766. The van der Waals surface area contributed by atoms with Gasteiger partial charge in [0.05, 0.1) is 0 Å². The molecule has 0 radical (unpaired) electrons. The van der Waals surface area contributed by atoms with Gasteiger partial charge in [0, 0.05) is 6.04 Å². The summed E-state index contributed by atoms with van der Waals surface area (Å²) in [5, 5.41) is 3.63. The molecule has 2 atom stereocenters. The second-order valence-corrected chi connectivity index (χ2v) is 4.41. The van der Waals surface area contributed by atoms with E-state index in [1.165, 1.54) is 25.8 Å². The molecular formula is C11H23N. The minimum absolute atomic E-state index is 0.592. The molecule has 1 aliphatic rings. The van der Waals surface area contributed by atoms with Crippen molar-refractivity contribution in [3.63, 3.8) is 0 Å². The van der Waals surface area contributed by atoms with Crippen LogP contribution in [0.3, 0.4) is 0 Å². The van der Waals surface area contributed by atoms with Crippen LogP contribution in [-0.4, -0.2) is 12.6 Å². The van der Waals surface area contributed by atoms with E-state index >= 15 is 0 Å². The van der Waals surface area contributed by atoms with Crippen LogP contribution in [0, 0.1) is 11.3 Å². The number of nitrogens with one attached hydrogen (secondary N) is 1. The van der Waals surface area contributed by atoms with Crippen molar-refractivity contribution in [2.24, 2.45) is 11.3 Å². The van der Waals surface area contributed by atoms with Crippen molar-refractivity contribution in [1.29, 1.82) is 0 Å². The smallest absolute Gasteiger partial charge is 0.0124 e. The molecule has 0 spiro atoms. The van der Waals surface area contributed by atoms with E-state index in [2.05, 4.69) is 33.0 Å². The van der Waals surface area contributed by atoms with Gasteiger partial charge in [-0.05, 0) is 37.1 Å². The van der Waals surface area contributed by atoms with Crippen molar-refractivity contribution in [2.45, 2.75) is 53.0 Å². The van der Waals surface area contributed by atoms with E-state index < -0.39 is 0 Å². The number of hydrogen-bond donors (Lipinski definition) is 1. The topological polar surface area (TPSA) is 12.0 Å². The van der Waals surface area contributed by atoms with Crippen LogP contribution in [0.25, 0.3) is 0 Å². The normalized spacial score (nSPS) is 36.2. The zero-order chi connectivity index (χ0) is 9.19. The van der Waals surface area contributed by atoms with Gasteiger partial charge in [-0.3, -0.25) is 0 Å². The SMILES string of the molecule is CCC1NCCC1(CC)C(C)C. The Bertz CT molecular complexity index is 142. The van der Waals surface area contributed by atoms with Crippen LogP contribution in [0.4, 0.5) is 0 Å². The summed E-state index contributed by atoms with van der Waals surface area (Å²) in [6.07, 6.45) is 3.99. The van der Waals surface area contributed by atoms with Gasteiger partial charge in [0.25, 0.3) is 0 Å². The molecule has 2 unspecified atom stereocenters. The monoisotopic (exact) mass is 169 g/mol. The molecule has 0 aromatic rings. The van der Waals surface area contributed by atoms with Crippen LogP contribution < -0.4 is 5.32 Å². The number of hydrogen-bond acceptors (Lipinski definition) is 1. The lowest BCUT2D eigenvalue weighted by Gasteiger charge is -2.37. The van der Waals surface area contributed by atoms with Gasteiger partial charge in [-0.15, -0.1) is 0 Å². The summed E-state index contributed by atoms with van der Waals surface area (Å²) >= 11 is 0. The van der Waals surface area contributed by atoms with Gasteiger partial charge in [0.1, 0.15) is 0 Å². The molecule has 1 N–H and O–H groups in total. The molecular weight excluding hydrogens is 146 g/mol. The Morgan fingerprint density at radius 1 is 1.42 bits per heavy atom. The summed E-state index contributed by atoms with van der Waals surface area (Å²) in [4.78, 5) is 0. The quantitative estimate of drug-likeness (QED) is 0.685. The fourth-order valence-electron chi connectivity index (χ4n) is 2.93. The van der Waals surface area contributed by atoms with E-state index in [9.17, 15) is 0 Å². The van der Waals surface area contributed by atoms with Gasteiger partial charge < -0.3 is 5.32 Å². The molecule has 0 bridgehead atoms. The highest BCUT2D eigenvalue weighted by molar-refractivity contribution is 4.97. The molecule has 0 amide bonds. The summed E-state index contributed by atoms with van der Waals surface area (Å²) in [5.74, 6) is 0.822. The van der Waals surface area contributed by atoms with Gasteiger partial charge >= 0.3 is 0 Å². The number of rotatable bonds is 3. The maximum atomic E-state index is 3.63. The molecule has 0 aromatic carbocycles. The average molecular weight is 169 g/mol. The first-order chi connectivity index (χ1) is 5.67. The van der Waals surface area contributed by atoms with Crippen LogP contribution >= 0.6 is 0 Å². The molecule has 1 nitrogen and oxygen atoms in total. The predicted molar refractivity (Wildman–Crippen MR) is 54.3 cm³/mol.